The molecule has 0 spiro atoms. The molecule has 1 aliphatic rings. The van der Waals surface area contributed by atoms with Crippen LogP contribution in [-0.4, -0.2) is 8.96 Å². The molecule has 3 heteroatoms. The van der Waals surface area contributed by atoms with Crippen LogP contribution in [0.5, 0.6) is 0 Å². The average molecular weight is 245 g/mol. The molecule has 17 heavy (non-hydrogen) atoms. The van der Waals surface area contributed by atoms with Gasteiger partial charge in [0.25, 0.3) is 0 Å². The predicted octanol–water partition coefficient (Wildman–Crippen LogP) is 3.04. The van der Waals surface area contributed by atoms with Crippen LogP contribution in [0.25, 0.3) is 0 Å². The standard InChI is InChI=1S/C14H15NOS/c1-11(2)13(3)9-14(13,10-15)17(16)12-7-5-4-6-8-12/h4-8H,1,9H2,2-3H3/t13-,14+,17?/m0/s1. The first-order chi connectivity index (χ1) is 7.98. The molecule has 1 aromatic carbocycles. The Balaban J connectivity index is 2.40. The monoisotopic (exact) mass is 245 g/mol. The molecule has 3 atom stereocenters. The van der Waals surface area contributed by atoms with Gasteiger partial charge in [-0.2, -0.15) is 5.26 Å². The summed E-state index contributed by atoms with van der Waals surface area (Å²) in [5.41, 5.74) is 0.617. The van der Waals surface area contributed by atoms with Gasteiger partial charge in [0.2, 0.25) is 0 Å². The number of hydrogen-bond donors (Lipinski definition) is 0. The van der Waals surface area contributed by atoms with Crippen LogP contribution in [0.15, 0.2) is 47.4 Å². The smallest absolute Gasteiger partial charge is 0.146 e. The zero-order valence-corrected chi connectivity index (χ0v) is 10.9. The van der Waals surface area contributed by atoms with Crippen LogP contribution in [-0.2, 0) is 10.8 Å². The number of rotatable bonds is 3. The number of nitrogens with zero attached hydrogens (tertiary/aromatic N) is 1. The first-order valence-electron chi connectivity index (χ1n) is 5.52. The first kappa shape index (κ1) is 12.1. The molecule has 1 fully saturated rings. The molecule has 2 rings (SSSR count). The van der Waals surface area contributed by atoms with Gasteiger partial charge < -0.3 is 0 Å². The molecule has 1 aromatic rings. The van der Waals surface area contributed by atoms with Gasteiger partial charge in [-0.25, -0.2) is 0 Å². The van der Waals surface area contributed by atoms with Gasteiger partial charge in [0.1, 0.15) is 4.75 Å². The largest absolute Gasteiger partial charge is 0.253 e. The minimum Gasteiger partial charge on any atom is -0.253 e. The molecular formula is C14H15NOS. The van der Waals surface area contributed by atoms with Crippen molar-refractivity contribution in [2.24, 2.45) is 5.41 Å². The Morgan fingerprint density at radius 2 is 2.06 bits per heavy atom. The highest BCUT2D eigenvalue weighted by molar-refractivity contribution is 7.87. The highest BCUT2D eigenvalue weighted by Gasteiger charge is 2.70. The van der Waals surface area contributed by atoms with Crippen LogP contribution in [0, 0.1) is 16.7 Å². The highest BCUT2D eigenvalue weighted by atomic mass is 32.2. The molecule has 1 saturated carbocycles. The van der Waals surface area contributed by atoms with E-state index in [9.17, 15) is 9.47 Å². The zero-order valence-electron chi connectivity index (χ0n) is 10.1. The van der Waals surface area contributed by atoms with Crippen LogP contribution in [0.1, 0.15) is 20.3 Å². The summed E-state index contributed by atoms with van der Waals surface area (Å²) in [6.45, 7) is 7.80. The fourth-order valence-electron chi connectivity index (χ4n) is 2.17. The molecule has 0 aromatic heterocycles. The van der Waals surface area contributed by atoms with E-state index in [2.05, 4.69) is 12.6 Å². The number of hydrogen-bond acceptors (Lipinski definition) is 2. The Kier molecular flexibility index (Phi) is 2.71. The molecule has 88 valence electrons. The van der Waals surface area contributed by atoms with E-state index < -0.39 is 15.5 Å². The van der Waals surface area contributed by atoms with Gasteiger partial charge >= 0.3 is 0 Å². The van der Waals surface area contributed by atoms with E-state index in [0.29, 0.717) is 6.42 Å². The maximum Gasteiger partial charge on any atom is 0.146 e. The van der Waals surface area contributed by atoms with Crippen molar-refractivity contribution in [3.05, 3.63) is 42.5 Å². The molecule has 0 saturated heterocycles. The molecular weight excluding hydrogens is 230 g/mol. The summed E-state index contributed by atoms with van der Waals surface area (Å²) in [5.74, 6) is 0. The van der Waals surface area contributed by atoms with Gasteiger partial charge in [0, 0.05) is 10.3 Å². The minimum atomic E-state index is -1.29. The Morgan fingerprint density at radius 1 is 1.47 bits per heavy atom. The molecule has 0 N–H and O–H groups in total. The summed E-state index contributed by atoms with van der Waals surface area (Å²) in [4.78, 5) is 0.721. The van der Waals surface area contributed by atoms with Gasteiger partial charge in [0.15, 0.2) is 0 Å². The molecule has 0 radical (unpaired) electrons. The summed E-state index contributed by atoms with van der Waals surface area (Å²) in [7, 11) is -1.29. The Hall–Kier alpha value is -1.40. The van der Waals surface area contributed by atoms with Crippen LogP contribution in [0.4, 0.5) is 0 Å². The maximum atomic E-state index is 12.5. The predicted molar refractivity (Wildman–Crippen MR) is 68.7 cm³/mol. The summed E-state index contributed by atoms with van der Waals surface area (Å²) >= 11 is 0. The van der Waals surface area contributed by atoms with Crippen molar-refractivity contribution in [1.82, 2.24) is 0 Å². The average Bonchev–Trinajstić information content (AvgIpc) is 2.98. The van der Waals surface area contributed by atoms with E-state index in [-0.39, 0.29) is 5.41 Å². The molecule has 0 aliphatic heterocycles. The van der Waals surface area contributed by atoms with Crippen molar-refractivity contribution >= 4 is 10.8 Å². The number of benzene rings is 1. The maximum absolute atomic E-state index is 12.5. The SMILES string of the molecule is C=C(C)[C@]1(C)C[C@]1(C#N)S(=O)c1ccccc1. The second-order valence-corrected chi connectivity index (χ2v) is 6.52. The van der Waals surface area contributed by atoms with Crippen LogP contribution < -0.4 is 0 Å². The zero-order chi connectivity index (χ0) is 12.7. The first-order valence-corrected chi connectivity index (χ1v) is 6.67. The van der Waals surface area contributed by atoms with Crippen molar-refractivity contribution in [3.63, 3.8) is 0 Å². The Morgan fingerprint density at radius 3 is 2.47 bits per heavy atom. The summed E-state index contributed by atoms with van der Waals surface area (Å²) in [6.07, 6.45) is 0.632. The lowest BCUT2D eigenvalue weighted by Crippen LogP contribution is -2.23. The minimum absolute atomic E-state index is 0.317. The van der Waals surface area contributed by atoms with Crippen molar-refractivity contribution in [2.75, 3.05) is 0 Å². The van der Waals surface area contributed by atoms with E-state index in [0.717, 1.165) is 10.5 Å². The molecule has 0 heterocycles. The van der Waals surface area contributed by atoms with Gasteiger partial charge in [-0.15, -0.1) is 0 Å². The third-order valence-electron chi connectivity index (χ3n) is 3.77. The van der Waals surface area contributed by atoms with Gasteiger partial charge in [-0.3, -0.25) is 4.21 Å². The molecule has 2 nitrogen and oxygen atoms in total. The summed E-state index contributed by atoms with van der Waals surface area (Å²) in [6, 6.07) is 11.5. The number of nitriles is 1. The van der Waals surface area contributed by atoms with E-state index in [4.69, 9.17) is 0 Å². The molecule has 1 aliphatic carbocycles. The van der Waals surface area contributed by atoms with Gasteiger partial charge in [0.05, 0.1) is 16.9 Å². The van der Waals surface area contributed by atoms with Crippen molar-refractivity contribution < 1.29 is 4.21 Å². The normalized spacial score (nSPS) is 32.5. The highest BCUT2D eigenvalue weighted by Crippen LogP contribution is 2.64. The summed E-state index contributed by atoms with van der Waals surface area (Å²) < 4.78 is 11.7. The second kappa shape index (κ2) is 3.82. The lowest BCUT2D eigenvalue weighted by Gasteiger charge is -2.16. The molecule has 0 bridgehead atoms. The van der Waals surface area contributed by atoms with Crippen molar-refractivity contribution in [2.45, 2.75) is 29.9 Å². The molecule has 0 amide bonds. The van der Waals surface area contributed by atoms with E-state index in [1.54, 1.807) is 0 Å². The summed E-state index contributed by atoms with van der Waals surface area (Å²) in [5, 5.41) is 9.39. The fraction of sp³-hybridized carbons (Fsp3) is 0.357. The third-order valence-corrected chi connectivity index (χ3v) is 5.78. The van der Waals surface area contributed by atoms with Crippen molar-refractivity contribution in [1.29, 1.82) is 5.26 Å². The van der Waals surface area contributed by atoms with Gasteiger partial charge in [-0.05, 0) is 25.5 Å². The Labute approximate surface area is 104 Å². The van der Waals surface area contributed by atoms with Crippen LogP contribution in [0.3, 0.4) is 0 Å². The van der Waals surface area contributed by atoms with E-state index in [1.807, 2.05) is 44.2 Å². The fourth-order valence-corrected chi connectivity index (χ4v) is 4.06. The lowest BCUT2D eigenvalue weighted by molar-refractivity contribution is 0.638. The quantitative estimate of drug-likeness (QED) is 0.768. The second-order valence-electron chi connectivity index (χ2n) is 4.81. The Bertz CT molecular complexity index is 531. The third kappa shape index (κ3) is 1.56. The lowest BCUT2D eigenvalue weighted by atomic mass is 9.98. The topological polar surface area (TPSA) is 40.9 Å². The number of allylic oxidation sites excluding steroid dienone is 1. The van der Waals surface area contributed by atoms with E-state index in [1.165, 1.54) is 0 Å². The van der Waals surface area contributed by atoms with Gasteiger partial charge in [-0.1, -0.05) is 37.3 Å². The van der Waals surface area contributed by atoms with Crippen molar-refractivity contribution in [3.8, 4) is 6.07 Å². The van der Waals surface area contributed by atoms with E-state index >= 15 is 0 Å². The van der Waals surface area contributed by atoms with Crippen LogP contribution >= 0.6 is 0 Å². The van der Waals surface area contributed by atoms with Crippen LogP contribution in [0.2, 0.25) is 0 Å². The molecule has 1 unspecified atom stereocenters.